The van der Waals surface area contributed by atoms with Crippen LogP contribution in [0.2, 0.25) is 0 Å². The van der Waals surface area contributed by atoms with Gasteiger partial charge >= 0.3 is 0 Å². The van der Waals surface area contributed by atoms with Crippen molar-refractivity contribution in [3.63, 3.8) is 0 Å². The van der Waals surface area contributed by atoms with Gasteiger partial charge in [0.1, 0.15) is 5.82 Å². The molecule has 1 aliphatic rings. The predicted molar refractivity (Wildman–Crippen MR) is 135 cm³/mol. The van der Waals surface area contributed by atoms with E-state index in [1.165, 1.54) is 35.4 Å². The molecule has 4 rings (SSSR count). The van der Waals surface area contributed by atoms with Crippen LogP contribution < -0.4 is 15.5 Å². The summed E-state index contributed by atoms with van der Waals surface area (Å²) in [6.07, 6.45) is 1.61. The van der Waals surface area contributed by atoms with E-state index in [-0.39, 0.29) is 11.8 Å². The zero-order valence-corrected chi connectivity index (χ0v) is 19.9. The van der Waals surface area contributed by atoms with E-state index in [4.69, 9.17) is 4.74 Å². The third-order valence-electron chi connectivity index (χ3n) is 6.03. The molecule has 0 bridgehead atoms. The quantitative estimate of drug-likeness (QED) is 0.437. The maximum Gasteiger partial charge on any atom is 0.255 e. The van der Waals surface area contributed by atoms with Gasteiger partial charge < -0.3 is 20.3 Å². The molecule has 7 heteroatoms. The zero-order chi connectivity index (χ0) is 24.6. The van der Waals surface area contributed by atoms with Crippen molar-refractivity contribution < 1.29 is 18.7 Å². The predicted octanol–water partition coefficient (Wildman–Crippen LogP) is 4.80. The number of hydrogen-bond acceptors (Lipinski definition) is 4. The summed E-state index contributed by atoms with van der Waals surface area (Å²) in [6.45, 7) is 5.16. The van der Waals surface area contributed by atoms with Crippen LogP contribution in [0.25, 0.3) is 0 Å². The number of rotatable bonds is 9. The minimum atomic E-state index is -0.405. The number of amides is 2. The van der Waals surface area contributed by atoms with E-state index >= 15 is 0 Å². The molecular formula is C28H30FN3O3. The summed E-state index contributed by atoms with van der Waals surface area (Å²) >= 11 is 0. The lowest BCUT2D eigenvalue weighted by Gasteiger charge is -2.32. The Morgan fingerprint density at radius 3 is 2.54 bits per heavy atom. The van der Waals surface area contributed by atoms with Crippen LogP contribution in [-0.4, -0.2) is 38.1 Å². The summed E-state index contributed by atoms with van der Waals surface area (Å²) in [6, 6.07) is 19.1. The topological polar surface area (TPSA) is 70.7 Å². The first-order chi connectivity index (χ1) is 17.0. The van der Waals surface area contributed by atoms with Crippen LogP contribution in [0.15, 0.2) is 66.7 Å². The molecule has 0 radical (unpaired) electrons. The van der Waals surface area contributed by atoms with E-state index in [1.54, 1.807) is 12.1 Å². The zero-order valence-electron chi connectivity index (χ0n) is 19.9. The van der Waals surface area contributed by atoms with Crippen LogP contribution >= 0.6 is 0 Å². The number of fused-ring (bicyclic) bond motifs is 1. The Bertz CT molecular complexity index is 1180. The molecule has 2 amide bonds. The van der Waals surface area contributed by atoms with Gasteiger partial charge in [0.15, 0.2) is 0 Å². The molecule has 2 N–H and O–H groups in total. The lowest BCUT2D eigenvalue weighted by molar-refractivity contribution is 0.0943. The van der Waals surface area contributed by atoms with Gasteiger partial charge in [0.2, 0.25) is 0 Å². The average molecular weight is 476 g/mol. The molecule has 0 fully saturated rings. The summed E-state index contributed by atoms with van der Waals surface area (Å²) < 4.78 is 18.6. The molecule has 3 aromatic carbocycles. The monoisotopic (exact) mass is 475 g/mol. The lowest BCUT2D eigenvalue weighted by Crippen LogP contribution is -2.33. The molecule has 0 aromatic heterocycles. The molecule has 1 heterocycles. The number of carbonyl (C=O) groups excluding carboxylic acids is 2. The second-order valence-corrected chi connectivity index (χ2v) is 8.44. The lowest BCUT2D eigenvalue weighted by atomic mass is 9.98. The number of benzene rings is 3. The average Bonchev–Trinajstić information content (AvgIpc) is 2.88. The van der Waals surface area contributed by atoms with Crippen molar-refractivity contribution in [2.45, 2.75) is 26.3 Å². The number of carbonyl (C=O) groups is 2. The van der Waals surface area contributed by atoms with Crippen molar-refractivity contribution in [1.82, 2.24) is 5.32 Å². The number of halogens is 1. The first-order valence-corrected chi connectivity index (χ1v) is 11.9. The number of ether oxygens (including phenoxy) is 1. The summed E-state index contributed by atoms with van der Waals surface area (Å²) in [5, 5.41) is 5.80. The standard InChI is InChI=1S/C28H30FN3O3/c1-2-35-17-5-15-30-28(34)25-18-24(31-27(33)21-8-10-23(29)11-9-21)12-13-26(25)32-16-14-20-6-3-4-7-22(20)19-32/h3-4,6-13,18H,2,5,14-17,19H2,1H3,(H,30,34)(H,31,33). The van der Waals surface area contributed by atoms with Gasteiger partial charge in [-0.3, -0.25) is 9.59 Å². The maximum absolute atomic E-state index is 13.2. The fourth-order valence-electron chi connectivity index (χ4n) is 4.19. The highest BCUT2D eigenvalue weighted by atomic mass is 19.1. The molecule has 0 saturated carbocycles. The molecule has 182 valence electrons. The fraction of sp³-hybridized carbons (Fsp3) is 0.286. The van der Waals surface area contributed by atoms with Gasteiger partial charge in [-0.15, -0.1) is 0 Å². The Kier molecular flexibility index (Phi) is 8.11. The molecule has 6 nitrogen and oxygen atoms in total. The second kappa shape index (κ2) is 11.6. The molecule has 0 unspecified atom stereocenters. The van der Waals surface area contributed by atoms with Gasteiger partial charge in [-0.25, -0.2) is 4.39 Å². The van der Waals surface area contributed by atoms with Crippen molar-refractivity contribution in [3.8, 4) is 0 Å². The van der Waals surface area contributed by atoms with Crippen molar-refractivity contribution in [2.24, 2.45) is 0 Å². The molecule has 0 aliphatic carbocycles. The van der Waals surface area contributed by atoms with Crippen LogP contribution in [0.3, 0.4) is 0 Å². The van der Waals surface area contributed by atoms with E-state index in [0.29, 0.717) is 49.5 Å². The van der Waals surface area contributed by atoms with E-state index < -0.39 is 5.82 Å². The normalized spacial score (nSPS) is 12.7. The Labute approximate surface area is 205 Å². The maximum atomic E-state index is 13.2. The van der Waals surface area contributed by atoms with Crippen molar-refractivity contribution in [2.75, 3.05) is 36.5 Å². The molecule has 1 aliphatic heterocycles. The van der Waals surface area contributed by atoms with E-state index in [9.17, 15) is 14.0 Å². The van der Waals surface area contributed by atoms with Crippen LogP contribution in [0, 0.1) is 5.82 Å². The first-order valence-electron chi connectivity index (χ1n) is 11.9. The van der Waals surface area contributed by atoms with Crippen LogP contribution in [-0.2, 0) is 17.7 Å². The summed E-state index contributed by atoms with van der Waals surface area (Å²) in [5.74, 6) is -0.974. The number of anilines is 2. The number of hydrogen-bond donors (Lipinski definition) is 2. The van der Waals surface area contributed by atoms with Crippen LogP contribution in [0.1, 0.15) is 45.2 Å². The largest absolute Gasteiger partial charge is 0.382 e. The second-order valence-electron chi connectivity index (χ2n) is 8.44. The molecule has 35 heavy (non-hydrogen) atoms. The SMILES string of the molecule is CCOCCCNC(=O)c1cc(NC(=O)c2ccc(F)cc2)ccc1N1CCc2ccccc2C1. The molecule has 0 atom stereocenters. The Morgan fingerprint density at radius 2 is 1.77 bits per heavy atom. The first kappa shape index (κ1) is 24.4. The van der Waals surface area contributed by atoms with Gasteiger partial charge in [-0.05, 0) is 73.4 Å². The van der Waals surface area contributed by atoms with E-state index in [0.717, 1.165) is 18.7 Å². The third-order valence-corrected chi connectivity index (χ3v) is 6.03. The summed E-state index contributed by atoms with van der Waals surface area (Å²) in [4.78, 5) is 28.0. The minimum absolute atomic E-state index is 0.201. The van der Waals surface area contributed by atoms with E-state index in [1.807, 2.05) is 25.1 Å². The van der Waals surface area contributed by atoms with Gasteiger partial charge in [0.25, 0.3) is 11.8 Å². The molecule has 0 saturated heterocycles. The van der Waals surface area contributed by atoms with Crippen LogP contribution in [0.4, 0.5) is 15.8 Å². The van der Waals surface area contributed by atoms with Crippen molar-refractivity contribution >= 4 is 23.2 Å². The molecule has 0 spiro atoms. The summed E-state index contributed by atoms with van der Waals surface area (Å²) in [5.41, 5.74) is 4.73. The third kappa shape index (κ3) is 6.25. The summed E-state index contributed by atoms with van der Waals surface area (Å²) in [7, 11) is 0. The van der Waals surface area contributed by atoms with Gasteiger partial charge in [0.05, 0.1) is 5.56 Å². The van der Waals surface area contributed by atoms with Gasteiger partial charge in [-0.2, -0.15) is 0 Å². The number of nitrogens with zero attached hydrogens (tertiary/aromatic N) is 1. The Balaban J connectivity index is 1.56. The minimum Gasteiger partial charge on any atom is -0.382 e. The Hall–Kier alpha value is -3.71. The van der Waals surface area contributed by atoms with E-state index in [2.05, 4.69) is 27.7 Å². The Morgan fingerprint density at radius 1 is 1.00 bits per heavy atom. The molecule has 3 aromatic rings. The highest BCUT2D eigenvalue weighted by molar-refractivity contribution is 6.06. The van der Waals surface area contributed by atoms with Crippen molar-refractivity contribution in [3.05, 3.63) is 94.8 Å². The van der Waals surface area contributed by atoms with Gasteiger partial charge in [0, 0.05) is 49.8 Å². The van der Waals surface area contributed by atoms with Crippen LogP contribution in [0.5, 0.6) is 0 Å². The van der Waals surface area contributed by atoms with Gasteiger partial charge in [-0.1, -0.05) is 24.3 Å². The van der Waals surface area contributed by atoms with Crippen molar-refractivity contribution in [1.29, 1.82) is 0 Å². The number of nitrogens with one attached hydrogen (secondary N) is 2. The fourth-order valence-corrected chi connectivity index (χ4v) is 4.19. The highest BCUT2D eigenvalue weighted by Crippen LogP contribution is 2.30. The smallest absolute Gasteiger partial charge is 0.255 e. The molecular weight excluding hydrogens is 445 g/mol. The highest BCUT2D eigenvalue weighted by Gasteiger charge is 2.22.